The summed E-state index contributed by atoms with van der Waals surface area (Å²) in [5.41, 5.74) is 1.55. The van der Waals surface area contributed by atoms with E-state index in [-0.39, 0.29) is 4.90 Å². The Hall–Kier alpha value is -2.99. The molecular weight excluding hydrogens is 334 g/mol. The van der Waals surface area contributed by atoms with Crippen molar-refractivity contribution in [2.24, 2.45) is 0 Å². The molecule has 126 valence electrons. The number of hydrogen-bond donors (Lipinski definition) is 2. The molecule has 0 saturated heterocycles. The van der Waals surface area contributed by atoms with Crippen molar-refractivity contribution in [2.75, 3.05) is 5.32 Å². The molecule has 1 aromatic heterocycles. The van der Waals surface area contributed by atoms with Gasteiger partial charge in [0.15, 0.2) is 0 Å². The second-order valence-corrected chi connectivity index (χ2v) is 7.13. The second kappa shape index (κ2) is 7.27. The summed E-state index contributed by atoms with van der Waals surface area (Å²) in [6, 6.07) is 23.0. The van der Waals surface area contributed by atoms with Gasteiger partial charge in [0.25, 0.3) is 5.84 Å². The van der Waals surface area contributed by atoms with E-state index in [4.69, 9.17) is 0 Å². The van der Waals surface area contributed by atoms with E-state index in [1.54, 1.807) is 36.4 Å². The lowest BCUT2D eigenvalue weighted by Gasteiger charge is -2.04. The lowest BCUT2D eigenvalue weighted by molar-refractivity contribution is -0.266. The largest absolute Gasteiger partial charge is 0.328 e. The summed E-state index contributed by atoms with van der Waals surface area (Å²) in [6.45, 7) is 1.88. The third-order valence-corrected chi connectivity index (χ3v) is 4.86. The van der Waals surface area contributed by atoms with Crippen LogP contribution in [0.1, 0.15) is 11.3 Å². The topological polar surface area (TPSA) is 73.0 Å². The van der Waals surface area contributed by atoms with Crippen LogP contribution in [0, 0.1) is 6.92 Å². The number of nitrogens with one attached hydrogen (secondary N) is 2. The highest BCUT2D eigenvalue weighted by Gasteiger charge is 2.20. The molecule has 0 spiro atoms. The van der Waals surface area contributed by atoms with Crippen molar-refractivity contribution in [3.05, 3.63) is 90.1 Å². The average molecular weight is 352 g/mol. The number of aryl methyl sites for hydroxylation is 1. The fourth-order valence-corrected chi connectivity index (χ4v) is 3.37. The third kappa shape index (κ3) is 4.30. The molecule has 3 aromatic rings. The molecule has 2 aromatic carbocycles. The van der Waals surface area contributed by atoms with Crippen molar-refractivity contribution in [3.8, 4) is 0 Å². The van der Waals surface area contributed by atoms with Crippen LogP contribution in [0.15, 0.2) is 83.8 Å². The molecule has 0 aliphatic rings. The highest BCUT2D eigenvalue weighted by Crippen LogP contribution is 2.07. The summed E-state index contributed by atoms with van der Waals surface area (Å²) < 4.78 is 28.0. The first-order valence-corrected chi connectivity index (χ1v) is 9.24. The summed E-state index contributed by atoms with van der Waals surface area (Å²) in [5, 5.41) is 3.08. The number of aromatic nitrogens is 1. The monoisotopic (exact) mass is 352 g/mol. The molecule has 0 saturated carbocycles. The van der Waals surface area contributed by atoms with Gasteiger partial charge in [-0.1, -0.05) is 42.5 Å². The molecule has 25 heavy (non-hydrogen) atoms. The minimum atomic E-state index is -3.72. The van der Waals surface area contributed by atoms with Gasteiger partial charge in [-0.15, -0.1) is 0 Å². The van der Waals surface area contributed by atoms with Crippen molar-refractivity contribution in [1.82, 2.24) is 4.98 Å². The van der Waals surface area contributed by atoms with E-state index in [2.05, 4.69) is 14.7 Å². The number of anilines is 1. The maximum absolute atomic E-state index is 12.7. The van der Waals surface area contributed by atoms with Gasteiger partial charge in [0.05, 0.1) is 5.56 Å². The van der Waals surface area contributed by atoms with Gasteiger partial charge in [0.2, 0.25) is 5.82 Å². The van der Waals surface area contributed by atoms with Gasteiger partial charge in [-0.2, -0.15) is 12.8 Å². The Labute approximate surface area is 147 Å². The van der Waals surface area contributed by atoms with Gasteiger partial charge in [-0.3, -0.25) is 0 Å². The van der Waals surface area contributed by atoms with Crippen molar-refractivity contribution in [1.29, 1.82) is 0 Å². The van der Waals surface area contributed by atoms with Gasteiger partial charge in [-0.25, -0.2) is 10.3 Å². The van der Waals surface area contributed by atoms with Crippen LogP contribution in [0.2, 0.25) is 0 Å². The molecule has 1 heterocycles. The Morgan fingerprint density at radius 1 is 0.880 bits per heavy atom. The molecule has 0 aliphatic carbocycles. The number of rotatable bonds is 4. The van der Waals surface area contributed by atoms with Crippen LogP contribution < -0.4 is 9.71 Å². The minimum absolute atomic E-state index is 0.197. The quantitative estimate of drug-likeness (QED) is 0.554. The summed E-state index contributed by atoms with van der Waals surface area (Å²) in [6.07, 6.45) is 0. The molecule has 0 radical (unpaired) electrons. The van der Waals surface area contributed by atoms with Crippen molar-refractivity contribution in [3.63, 3.8) is 0 Å². The molecule has 0 fully saturated rings. The van der Waals surface area contributed by atoms with Crippen molar-refractivity contribution >= 4 is 21.7 Å². The van der Waals surface area contributed by atoms with E-state index < -0.39 is 10.0 Å². The zero-order valence-electron chi connectivity index (χ0n) is 13.7. The SMILES string of the molecule is Cc1cccc(NC(=[NH+]S(=O)(=O)c2ccccc2)c2ccccc2)n1. The molecule has 0 amide bonds. The summed E-state index contributed by atoms with van der Waals surface area (Å²) >= 11 is 0. The maximum Gasteiger partial charge on any atom is 0.328 e. The molecule has 0 bridgehead atoms. The fourth-order valence-electron chi connectivity index (χ4n) is 2.30. The Morgan fingerprint density at radius 2 is 1.52 bits per heavy atom. The minimum Gasteiger partial charge on any atom is -0.223 e. The Bertz CT molecular complexity index is 985. The summed E-state index contributed by atoms with van der Waals surface area (Å²) in [5.74, 6) is 0.914. The maximum atomic E-state index is 12.7. The Balaban J connectivity index is 2.05. The number of hydrogen-bond acceptors (Lipinski definition) is 3. The van der Waals surface area contributed by atoms with E-state index in [0.717, 1.165) is 5.69 Å². The first-order valence-electron chi connectivity index (χ1n) is 7.75. The van der Waals surface area contributed by atoms with Crippen LogP contribution in [0.3, 0.4) is 0 Å². The van der Waals surface area contributed by atoms with Crippen LogP contribution in [0.25, 0.3) is 0 Å². The molecule has 6 heteroatoms. The standard InChI is InChI=1S/C19H17N3O2S/c1-15-9-8-14-18(20-15)21-19(16-10-4-2-5-11-16)22-25(23,24)17-12-6-3-7-13-17/h2-14H,1H3,(H,20,21,22)/p+1. The van der Waals surface area contributed by atoms with E-state index in [1.807, 2.05) is 49.4 Å². The molecule has 3 rings (SSSR count). The van der Waals surface area contributed by atoms with Crippen LogP contribution in [-0.4, -0.2) is 19.2 Å². The second-order valence-electron chi connectivity index (χ2n) is 5.45. The average Bonchev–Trinajstić information content (AvgIpc) is 2.63. The van der Waals surface area contributed by atoms with Gasteiger partial charge in [0.1, 0.15) is 4.90 Å². The van der Waals surface area contributed by atoms with Gasteiger partial charge in [0, 0.05) is 11.8 Å². The lowest BCUT2D eigenvalue weighted by Crippen LogP contribution is -2.78. The number of pyridine rings is 1. The zero-order valence-corrected chi connectivity index (χ0v) is 14.5. The lowest BCUT2D eigenvalue weighted by atomic mass is 10.2. The molecule has 2 N–H and O–H groups in total. The number of benzene rings is 2. The van der Waals surface area contributed by atoms with Gasteiger partial charge < -0.3 is 0 Å². The van der Waals surface area contributed by atoms with E-state index in [1.165, 1.54) is 0 Å². The predicted octanol–water partition coefficient (Wildman–Crippen LogP) is 1.72. The number of nitrogens with zero attached hydrogens (tertiary/aromatic N) is 1. The van der Waals surface area contributed by atoms with E-state index >= 15 is 0 Å². The number of amidine groups is 1. The smallest absolute Gasteiger partial charge is 0.223 e. The fraction of sp³-hybridized carbons (Fsp3) is 0.0526. The first kappa shape index (κ1) is 16.9. The number of sulfonamides is 1. The Kier molecular flexibility index (Phi) is 4.90. The molecule has 0 aliphatic heterocycles. The highest BCUT2D eigenvalue weighted by molar-refractivity contribution is 7.84. The van der Waals surface area contributed by atoms with Crippen LogP contribution in [0.5, 0.6) is 0 Å². The summed E-state index contributed by atoms with van der Waals surface area (Å²) in [4.78, 5) is 4.57. The summed E-state index contributed by atoms with van der Waals surface area (Å²) in [7, 11) is -3.72. The van der Waals surface area contributed by atoms with Crippen LogP contribution in [-0.2, 0) is 10.0 Å². The molecular formula is C19H18N3O2S+. The predicted molar refractivity (Wildman–Crippen MR) is 97.7 cm³/mol. The van der Waals surface area contributed by atoms with Crippen LogP contribution in [0.4, 0.5) is 5.82 Å². The molecule has 0 atom stereocenters. The van der Waals surface area contributed by atoms with E-state index in [0.29, 0.717) is 17.2 Å². The Morgan fingerprint density at radius 3 is 2.16 bits per heavy atom. The normalized spacial score (nSPS) is 12.0. The van der Waals surface area contributed by atoms with Gasteiger partial charge >= 0.3 is 10.0 Å². The van der Waals surface area contributed by atoms with Gasteiger partial charge in [-0.05, 0) is 37.3 Å². The molecule has 0 unspecified atom stereocenters. The van der Waals surface area contributed by atoms with Crippen molar-refractivity contribution in [2.45, 2.75) is 11.8 Å². The first-order chi connectivity index (χ1) is 12.0. The zero-order chi connectivity index (χ0) is 17.7. The van der Waals surface area contributed by atoms with Crippen molar-refractivity contribution < 1.29 is 12.8 Å². The van der Waals surface area contributed by atoms with E-state index in [9.17, 15) is 8.42 Å². The third-order valence-electron chi connectivity index (χ3n) is 3.49. The highest BCUT2D eigenvalue weighted by atomic mass is 32.2. The van der Waals surface area contributed by atoms with Crippen LogP contribution >= 0.6 is 0 Å². The molecule has 5 nitrogen and oxygen atoms in total.